The van der Waals surface area contributed by atoms with E-state index in [9.17, 15) is 0 Å². The minimum Gasteiger partial charge on any atom is -0.368 e. The summed E-state index contributed by atoms with van der Waals surface area (Å²) in [6.45, 7) is 7.72. The predicted molar refractivity (Wildman–Crippen MR) is 103 cm³/mol. The van der Waals surface area contributed by atoms with Crippen LogP contribution >= 0.6 is 0 Å². The largest absolute Gasteiger partial charge is 0.368 e. The molecule has 0 aromatic carbocycles. The number of anilines is 1. The first-order valence-electron chi connectivity index (χ1n) is 9.45. The molecule has 1 unspecified atom stereocenters. The van der Waals surface area contributed by atoms with E-state index in [0.29, 0.717) is 0 Å². The zero-order chi connectivity index (χ0) is 17.2. The number of rotatable bonds is 5. The number of pyridine rings is 1. The Morgan fingerprint density at radius 1 is 1.24 bits per heavy atom. The van der Waals surface area contributed by atoms with Gasteiger partial charge in [-0.1, -0.05) is 12.5 Å². The molecular formula is C20H27N5. The topological polar surface area (TPSA) is 45.5 Å². The standard InChI is InChI=1S/C20H27N5/c1-15-8-3-5-11-24(15)12-7-10-21-20-18-14-17-9-4-6-13-25(17)19(18)16(2)22-23-20/h4,6,9,13-15H,3,5,7-8,10-12H2,1-2H3,(H,21,23). The van der Waals surface area contributed by atoms with E-state index in [0.717, 1.165) is 48.0 Å². The van der Waals surface area contributed by atoms with Crippen LogP contribution in [0, 0.1) is 6.92 Å². The Hall–Kier alpha value is -2.14. The molecule has 5 nitrogen and oxygen atoms in total. The third-order valence-electron chi connectivity index (χ3n) is 5.43. The fraction of sp³-hybridized carbons (Fsp3) is 0.500. The van der Waals surface area contributed by atoms with E-state index in [4.69, 9.17) is 0 Å². The van der Waals surface area contributed by atoms with Gasteiger partial charge in [-0.2, -0.15) is 5.10 Å². The number of aromatic nitrogens is 3. The van der Waals surface area contributed by atoms with Gasteiger partial charge < -0.3 is 14.6 Å². The van der Waals surface area contributed by atoms with E-state index in [1.54, 1.807) is 0 Å². The van der Waals surface area contributed by atoms with Gasteiger partial charge in [-0.25, -0.2) is 0 Å². The second-order valence-electron chi connectivity index (χ2n) is 7.20. The lowest BCUT2D eigenvalue weighted by Gasteiger charge is -2.33. The molecule has 1 fully saturated rings. The summed E-state index contributed by atoms with van der Waals surface area (Å²) in [4.78, 5) is 2.62. The van der Waals surface area contributed by atoms with Gasteiger partial charge in [0.1, 0.15) is 0 Å². The van der Waals surface area contributed by atoms with Gasteiger partial charge in [-0.15, -0.1) is 5.10 Å². The van der Waals surface area contributed by atoms with Gasteiger partial charge in [-0.3, -0.25) is 0 Å². The highest BCUT2D eigenvalue weighted by molar-refractivity contribution is 5.96. The normalized spacial score (nSPS) is 18.9. The smallest absolute Gasteiger partial charge is 0.158 e. The number of aryl methyl sites for hydroxylation is 1. The highest BCUT2D eigenvalue weighted by atomic mass is 15.2. The van der Waals surface area contributed by atoms with Gasteiger partial charge in [-0.05, 0) is 57.9 Å². The van der Waals surface area contributed by atoms with Crippen LogP contribution in [-0.4, -0.2) is 45.2 Å². The number of nitrogens with one attached hydrogen (secondary N) is 1. The van der Waals surface area contributed by atoms with Crippen LogP contribution in [0.3, 0.4) is 0 Å². The quantitative estimate of drug-likeness (QED) is 0.718. The summed E-state index contributed by atoms with van der Waals surface area (Å²) < 4.78 is 2.19. The lowest BCUT2D eigenvalue weighted by Crippen LogP contribution is -2.38. The average molecular weight is 337 g/mol. The van der Waals surface area contributed by atoms with E-state index >= 15 is 0 Å². The van der Waals surface area contributed by atoms with E-state index in [1.165, 1.54) is 31.3 Å². The van der Waals surface area contributed by atoms with Gasteiger partial charge in [0.2, 0.25) is 0 Å². The van der Waals surface area contributed by atoms with Gasteiger partial charge >= 0.3 is 0 Å². The Kier molecular flexibility index (Phi) is 4.57. The lowest BCUT2D eigenvalue weighted by molar-refractivity contribution is 0.160. The number of nitrogens with zero attached hydrogens (tertiary/aromatic N) is 4. The van der Waals surface area contributed by atoms with E-state index < -0.39 is 0 Å². The van der Waals surface area contributed by atoms with Crippen LogP contribution in [0.2, 0.25) is 0 Å². The van der Waals surface area contributed by atoms with E-state index in [2.05, 4.69) is 62.2 Å². The number of hydrogen-bond acceptors (Lipinski definition) is 4. The van der Waals surface area contributed by atoms with Gasteiger partial charge in [0, 0.05) is 36.2 Å². The molecule has 1 aliphatic heterocycles. The summed E-state index contributed by atoms with van der Waals surface area (Å²) in [5.74, 6) is 0.899. The van der Waals surface area contributed by atoms with E-state index in [-0.39, 0.29) is 0 Å². The molecule has 0 aliphatic carbocycles. The first-order valence-corrected chi connectivity index (χ1v) is 9.45. The predicted octanol–water partition coefficient (Wildman–Crippen LogP) is 3.87. The fourth-order valence-electron chi connectivity index (χ4n) is 4.01. The molecule has 1 N–H and O–H groups in total. The molecule has 1 atom stereocenters. The highest BCUT2D eigenvalue weighted by Crippen LogP contribution is 2.27. The van der Waals surface area contributed by atoms with Crippen LogP contribution in [0.1, 0.15) is 38.3 Å². The Bertz CT molecular complexity index is 869. The number of likely N-dealkylation sites (tertiary alicyclic amines) is 1. The molecule has 132 valence electrons. The zero-order valence-electron chi connectivity index (χ0n) is 15.2. The maximum absolute atomic E-state index is 4.41. The van der Waals surface area contributed by atoms with Crippen molar-refractivity contribution < 1.29 is 0 Å². The van der Waals surface area contributed by atoms with Crippen molar-refractivity contribution in [3.8, 4) is 0 Å². The van der Waals surface area contributed by atoms with Crippen LogP contribution in [0.15, 0.2) is 30.5 Å². The molecule has 0 radical (unpaired) electrons. The molecule has 1 saturated heterocycles. The summed E-state index contributed by atoms with van der Waals surface area (Å²) in [6.07, 6.45) is 7.30. The average Bonchev–Trinajstić information content (AvgIpc) is 3.02. The van der Waals surface area contributed by atoms with Crippen LogP contribution < -0.4 is 5.32 Å². The summed E-state index contributed by atoms with van der Waals surface area (Å²) in [7, 11) is 0. The van der Waals surface area contributed by atoms with Crippen molar-refractivity contribution in [1.82, 2.24) is 19.5 Å². The van der Waals surface area contributed by atoms with Crippen molar-refractivity contribution in [3.63, 3.8) is 0 Å². The van der Waals surface area contributed by atoms with Crippen molar-refractivity contribution in [3.05, 3.63) is 36.2 Å². The Labute approximate surface area is 149 Å². The molecule has 5 heteroatoms. The minimum absolute atomic E-state index is 0.733. The van der Waals surface area contributed by atoms with Crippen molar-refractivity contribution in [2.24, 2.45) is 0 Å². The van der Waals surface area contributed by atoms with E-state index in [1.807, 2.05) is 6.92 Å². The van der Waals surface area contributed by atoms with Crippen molar-refractivity contribution in [2.75, 3.05) is 25.0 Å². The third kappa shape index (κ3) is 3.21. The van der Waals surface area contributed by atoms with Crippen molar-refractivity contribution in [1.29, 1.82) is 0 Å². The monoisotopic (exact) mass is 337 g/mol. The molecule has 4 heterocycles. The summed E-state index contributed by atoms with van der Waals surface area (Å²) in [5, 5.41) is 13.5. The highest BCUT2D eigenvalue weighted by Gasteiger charge is 2.17. The molecule has 4 rings (SSSR count). The summed E-state index contributed by atoms with van der Waals surface area (Å²) in [6, 6.07) is 9.18. The van der Waals surface area contributed by atoms with Gasteiger partial charge in [0.05, 0.1) is 11.2 Å². The Morgan fingerprint density at radius 2 is 2.16 bits per heavy atom. The lowest BCUT2D eigenvalue weighted by atomic mass is 10.0. The Balaban J connectivity index is 1.47. The summed E-state index contributed by atoms with van der Waals surface area (Å²) in [5.41, 5.74) is 3.30. The number of piperidine rings is 1. The molecular weight excluding hydrogens is 310 g/mol. The van der Waals surface area contributed by atoms with Crippen molar-refractivity contribution >= 4 is 22.2 Å². The van der Waals surface area contributed by atoms with Crippen molar-refractivity contribution in [2.45, 2.75) is 45.6 Å². The number of fused-ring (bicyclic) bond motifs is 3. The second kappa shape index (κ2) is 7.00. The zero-order valence-corrected chi connectivity index (χ0v) is 15.2. The van der Waals surface area contributed by atoms with Crippen LogP contribution in [0.5, 0.6) is 0 Å². The maximum atomic E-state index is 4.41. The summed E-state index contributed by atoms with van der Waals surface area (Å²) >= 11 is 0. The molecule has 0 spiro atoms. The van der Waals surface area contributed by atoms with Crippen LogP contribution in [0.25, 0.3) is 16.4 Å². The maximum Gasteiger partial charge on any atom is 0.158 e. The Morgan fingerprint density at radius 3 is 3.04 bits per heavy atom. The van der Waals surface area contributed by atoms with Gasteiger partial charge in [0.15, 0.2) is 5.82 Å². The fourth-order valence-corrected chi connectivity index (χ4v) is 4.01. The minimum atomic E-state index is 0.733. The first-order chi connectivity index (χ1) is 12.2. The molecule has 3 aromatic rings. The molecule has 0 bridgehead atoms. The van der Waals surface area contributed by atoms with Crippen LogP contribution in [0.4, 0.5) is 5.82 Å². The SMILES string of the molecule is Cc1nnc(NCCCN2CCCCC2C)c2cc3ccccn3c12. The second-order valence-corrected chi connectivity index (χ2v) is 7.20. The van der Waals surface area contributed by atoms with Crippen LogP contribution in [-0.2, 0) is 0 Å². The molecule has 0 saturated carbocycles. The van der Waals surface area contributed by atoms with Gasteiger partial charge in [0.25, 0.3) is 0 Å². The first kappa shape index (κ1) is 16.3. The molecule has 25 heavy (non-hydrogen) atoms. The molecule has 3 aromatic heterocycles. The molecule has 0 amide bonds. The third-order valence-corrected chi connectivity index (χ3v) is 5.43. The molecule has 1 aliphatic rings. The number of hydrogen-bond donors (Lipinski definition) is 1.